The van der Waals surface area contributed by atoms with Crippen LogP contribution >= 0.6 is 11.6 Å². The number of amides is 1. The van der Waals surface area contributed by atoms with Gasteiger partial charge in [-0.15, -0.1) is 0 Å². The van der Waals surface area contributed by atoms with E-state index < -0.39 is 5.82 Å². The fraction of sp³-hybridized carbons (Fsp3) is 0.227. The molecular formula is C22H20ClFN4O. The Morgan fingerprint density at radius 1 is 1.31 bits per heavy atom. The van der Waals surface area contributed by atoms with Gasteiger partial charge in [-0.1, -0.05) is 30.3 Å². The second-order valence-corrected chi connectivity index (χ2v) is 7.46. The van der Waals surface area contributed by atoms with Gasteiger partial charge < -0.3 is 10.2 Å². The molecule has 148 valence electrons. The second-order valence-electron chi connectivity index (χ2n) is 7.05. The number of rotatable bonds is 4. The van der Waals surface area contributed by atoms with Gasteiger partial charge >= 0.3 is 0 Å². The molecular weight excluding hydrogens is 391 g/mol. The molecule has 1 N–H and O–H groups in total. The van der Waals surface area contributed by atoms with Crippen LogP contribution in [-0.4, -0.2) is 33.9 Å². The number of nitrogens with zero attached hydrogens (tertiary/aromatic N) is 3. The summed E-state index contributed by atoms with van der Waals surface area (Å²) in [6, 6.07) is 10.8. The Morgan fingerprint density at radius 3 is 3.00 bits per heavy atom. The maximum atomic E-state index is 14.3. The molecule has 0 radical (unpaired) electrons. The molecule has 29 heavy (non-hydrogen) atoms. The molecule has 1 aromatic heterocycles. The smallest absolute Gasteiger partial charge is 0.245 e. The summed E-state index contributed by atoms with van der Waals surface area (Å²) in [7, 11) is 0. The first-order valence-corrected chi connectivity index (χ1v) is 9.81. The molecule has 1 saturated heterocycles. The highest BCUT2D eigenvalue weighted by molar-refractivity contribution is 6.31. The van der Waals surface area contributed by atoms with E-state index in [9.17, 15) is 9.18 Å². The number of hydrogen-bond acceptors (Lipinski definition) is 4. The van der Waals surface area contributed by atoms with Crippen molar-refractivity contribution in [2.75, 3.05) is 18.4 Å². The maximum Gasteiger partial charge on any atom is 0.245 e. The molecule has 1 aliphatic heterocycles. The fourth-order valence-electron chi connectivity index (χ4n) is 3.73. The van der Waals surface area contributed by atoms with Gasteiger partial charge in [0.1, 0.15) is 12.1 Å². The maximum absolute atomic E-state index is 14.3. The molecule has 4 rings (SSSR count). The predicted octanol–water partition coefficient (Wildman–Crippen LogP) is 5.06. The lowest BCUT2D eigenvalue weighted by Crippen LogP contribution is -2.38. The highest BCUT2D eigenvalue weighted by Gasteiger charge is 2.24. The van der Waals surface area contributed by atoms with E-state index in [0.717, 1.165) is 35.9 Å². The van der Waals surface area contributed by atoms with Gasteiger partial charge in [0, 0.05) is 24.4 Å². The van der Waals surface area contributed by atoms with Crippen LogP contribution in [-0.2, 0) is 4.79 Å². The number of piperidine rings is 1. The largest absolute Gasteiger partial charge is 0.339 e. The van der Waals surface area contributed by atoms with Crippen LogP contribution in [0.2, 0.25) is 5.02 Å². The summed E-state index contributed by atoms with van der Waals surface area (Å²) in [4.78, 5) is 22.5. The molecule has 2 heterocycles. The Balaban J connectivity index is 1.68. The zero-order valence-corrected chi connectivity index (χ0v) is 16.5. The molecule has 0 spiro atoms. The van der Waals surface area contributed by atoms with E-state index in [4.69, 9.17) is 11.6 Å². The Kier molecular flexibility index (Phi) is 5.45. The number of benzene rings is 2. The summed E-state index contributed by atoms with van der Waals surface area (Å²) in [5.74, 6) is 0.154. The molecule has 1 aliphatic rings. The molecule has 0 bridgehead atoms. The van der Waals surface area contributed by atoms with Gasteiger partial charge in [-0.2, -0.15) is 0 Å². The molecule has 2 aromatic carbocycles. The number of fused-ring (bicyclic) bond motifs is 1. The van der Waals surface area contributed by atoms with Gasteiger partial charge in [-0.25, -0.2) is 14.4 Å². The van der Waals surface area contributed by atoms with Crippen molar-refractivity contribution in [2.24, 2.45) is 0 Å². The number of carbonyl (C=O) groups is 1. The minimum atomic E-state index is -0.525. The lowest BCUT2D eigenvalue weighted by atomic mass is 9.90. The summed E-state index contributed by atoms with van der Waals surface area (Å²) in [5, 5.41) is 3.87. The van der Waals surface area contributed by atoms with Crippen LogP contribution in [0.25, 0.3) is 10.9 Å². The topological polar surface area (TPSA) is 58.1 Å². The minimum absolute atomic E-state index is 0.0439. The monoisotopic (exact) mass is 410 g/mol. The van der Waals surface area contributed by atoms with E-state index in [2.05, 4.69) is 21.9 Å². The first-order chi connectivity index (χ1) is 14.1. The third-order valence-corrected chi connectivity index (χ3v) is 5.54. The highest BCUT2D eigenvalue weighted by Crippen LogP contribution is 2.32. The van der Waals surface area contributed by atoms with Crippen molar-refractivity contribution in [1.82, 2.24) is 14.9 Å². The zero-order chi connectivity index (χ0) is 20.4. The first kappa shape index (κ1) is 19.3. The number of nitrogens with one attached hydrogen (secondary N) is 1. The van der Waals surface area contributed by atoms with Crippen molar-refractivity contribution < 1.29 is 9.18 Å². The number of carbonyl (C=O) groups excluding carboxylic acids is 1. The van der Waals surface area contributed by atoms with Crippen LogP contribution in [0.4, 0.5) is 15.9 Å². The summed E-state index contributed by atoms with van der Waals surface area (Å²) >= 11 is 5.89. The highest BCUT2D eigenvalue weighted by atomic mass is 35.5. The molecule has 1 atom stereocenters. The van der Waals surface area contributed by atoms with Crippen LogP contribution in [0, 0.1) is 5.82 Å². The van der Waals surface area contributed by atoms with Crippen LogP contribution < -0.4 is 5.32 Å². The van der Waals surface area contributed by atoms with Crippen molar-refractivity contribution in [2.45, 2.75) is 18.8 Å². The predicted molar refractivity (Wildman–Crippen MR) is 113 cm³/mol. The zero-order valence-electron chi connectivity index (χ0n) is 15.7. The van der Waals surface area contributed by atoms with Gasteiger partial charge in [0.15, 0.2) is 5.82 Å². The van der Waals surface area contributed by atoms with E-state index >= 15 is 0 Å². The fourth-order valence-corrected chi connectivity index (χ4v) is 3.91. The van der Waals surface area contributed by atoms with Gasteiger partial charge in [0.05, 0.1) is 16.2 Å². The first-order valence-electron chi connectivity index (χ1n) is 9.44. The summed E-state index contributed by atoms with van der Waals surface area (Å²) in [6.07, 6.45) is 4.73. The van der Waals surface area contributed by atoms with Crippen molar-refractivity contribution in [3.63, 3.8) is 0 Å². The lowest BCUT2D eigenvalue weighted by Gasteiger charge is -2.32. The van der Waals surface area contributed by atoms with E-state index in [1.165, 1.54) is 18.5 Å². The van der Waals surface area contributed by atoms with E-state index in [0.29, 0.717) is 12.4 Å². The molecule has 1 fully saturated rings. The number of anilines is 2. The van der Waals surface area contributed by atoms with E-state index in [1.807, 2.05) is 23.1 Å². The average molecular weight is 411 g/mol. The van der Waals surface area contributed by atoms with Crippen LogP contribution in [0.3, 0.4) is 0 Å². The Morgan fingerprint density at radius 2 is 2.17 bits per heavy atom. The Hall–Kier alpha value is -2.99. The van der Waals surface area contributed by atoms with Crippen LogP contribution in [0.1, 0.15) is 24.3 Å². The third kappa shape index (κ3) is 3.93. The second kappa shape index (κ2) is 8.17. The number of likely N-dealkylation sites (tertiary alicyclic amines) is 1. The summed E-state index contributed by atoms with van der Waals surface area (Å²) in [5.41, 5.74) is 2.11. The van der Waals surface area contributed by atoms with Gasteiger partial charge in [0.25, 0.3) is 0 Å². The van der Waals surface area contributed by atoms with Crippen molar-refractivity contribution in [3.8, 4) is 0 Å². The van der Waals surface area contributed by atoms with Gasteiger partial charge in [-0.05, 0) is 48.7 Å². The molecule has 3 aromatic rings. The lowest BCUT2D eigenvalue weighted by molar-refractivity contribution is -0.127. The van der Waals surface area contributed by atoms with Crippen LogP contribution in [0.5, 0.6) is 0 Å². The summed E-state index contributed by atoms with van der Waals surface area (Å²) < 4.78 is 14.3. The summed E-state index contributed by atoms with van der Waals surface area (Å²) in [6.45, 7) is 4.98. The third-order valence-electron chi connectivity index (χ3n) is 5.24. The van der Waals surface area contributed by atoms with E-state index in [1.54, 1.807) is 12.1 Å². The quantitative estimate of drug-likeness (QED) is 0.611. The standard InChI is InChI=1S/C22H20ClFN4O/c1-2-20(29)28-10-4-5-15(12-28)14-8-9-18-16(11-14)22(26-13-25-18)27-19-7-3-6-17(23)21(19)24/h2-3,6-9,11,13,15H,1,4-5,10,12H2,(H,25,26,27)/t15-/m1/s1. The molecule has 0 unspecified atom stereocenters. The van der Waals surface area contributed by atoms with Gasteiger partial charge in [-0.3, -0.25) is 4.79 Å². The van der Waals surface area contributed by atoms with Crippen LogP contribution in [0.15, 0.2) is 55.4 Å². The number of aromatic nitrogens is 2. The van der Waals surface area contributed by atoms with Gasteiger partial charge in [0.2, 0.25) is 5.91 Å². The number of halogens is 2. The molecule has 1 amide bonds. The van der Waals surface area contributed by atoms with Crippen molar-refractivity contribution in [3.05, 3.63) is 71.8 Å². The molecule has 0 aliphatic carbocycles. The van der Waals surface area contributed by atoms with Crippen molar-refractivity contribution >= 4 is 39.9 Å². The van der Waals surface area contributed by atoms with E-state index in [-0.39, 0.29) is 22.5 Å². The number of hydrogen-bond donors (Lipinski definition) is 1. The normalized spacial score (nSPS) is 16.6. The molecule has 7 heteroatoms. The molecule has 0 saturated carbocycles. The SMILES string of the molecule is C=CC(=O)N1CCC[C@@H](c2ccc3ncnc(Nc4cccc(Cl)c4F)c3c2)C1. The van der Waals surface area contributed by atoms with Crippen molar-refractivity contribution in [1.29, 1.82) is 0 Å². The minimum Gasteiger partial charge on any atom is -0.339 e. The Labute approximate surface area is 173 Å². The average Bonchev–Trinajstić information content (AvgIpc) is 2.76. The Bertz CT molecular complexity index is 1090. The molecule has 5 nitrogen and oxygen atoms in total.